The fourth-order valence-electron chi connectivity index (χ4n) is 3.90. The SMILES string of the molecule is CCCSc1nc(=O)c2c(n1C)NC(=O)CC2c1ccc(OCc2ccccc2)c(OC)c1. The third-order valence-corrected chi connectivity index (χ3v) is 6.80. The van der Waals surface area contributed by atoms with Crippen molar-refractivity contribution in [2.24, 2.45) is 7.05 Å². The van der Waals surface area contributed by atoms with E-state index >= 15 is 0 Å². The van der Waals surface area contributed by atoms with E-state index in [1.807, 2.05) is 55.6 Å². The van der Waals surface area contributed by atoms with Crippen LogP contribution in [0.4, 0.5) is 5.82 Å². The number of aromatic nitrogens is 2. The molecule has 1 unspecified atom stereocenters. The van der Waals surface area contributed by atoms with Crippen molar-refractivity contribution in [3.8, 4) is 11.5 Å². The first-order valence-corrected chi connectivity index (χ1v) is 11.9. The van der Waals surface area contributed by atoms with Crippen molar-refractivity contribution in [1.82, 2.24) is 9.55 Å². The van der Waals surface area contributed by atoms with Crippen LogP contribution < -0.4 is 20.3 Å². The van der Waals surface area contributed by atoms with Crippen LogP contribution in [0.3, 0.4) is 0 Å². The Morgan fingerprint density at radius 3 is 2.67 bits per heavy atom. The van der Waals surface area contributed by atoms with Gasteiger partial charge in [0.05, 0.1) is 12.7 Å². The maximum atomic E-state index is 13.0. The molecule has 0 saturated heterocycles. The van der Waals surface area contributed by atoms with Crippen LogP contribution in [-0.2, 0) is 18.4 Å². The summed E-state index contributed by atoms with van der Waals surface area (Å²) in [5, 5.41) is 3.48. The van der Waals surface area contributed by atoms with Crippen molar-refractivity contribution in [2.75, 3.05) is 18.2 Å². The van der Waals surface area contributed by atoms with Gasteiger partial charge in [0.1, 0.15) is 12.4 Å². The van der Waals surface area contributed by atoms with Crippen LogP contribution in [-0.4, -0.2) is 28.3 Å². The van der Waals surface area contributed by atoms with Crippen LogP contribution in [0.15, 0.2) is 58.5 Å². The Hall–Kier alpha value is -3.26. The average molecular weight is 466 g/mol. The van der Waals surface area contributed by atoms with E-state index in [0.717, 1.165) is 23.3 Å². The lowest BCUT2D eigenvalue weighted by Crippen LogP contribution is -2.33. The molecule has 172 valence electrons. The summed E-state index contributed by atoms with van der Waals surface area (Å²) in [4.78, 5) is 29.9. The lowest BCUT2D eigenvalue weighted by molar-refractivity contribution is -0.116. The van der Waals surface area contributed by atoms with Crippen molar-refractivity contribution >= 4 is 23.5 Å². The first kappa shape index (κ1) is 22.9. The second-order valence-corrected chi connectivity index (χ2v) is 8.92. The predicted molar refractivity (Wildman–Crippen MR) is 129 cm³/mol. The van der Waals surface area contributed by atoms with Crippen molar-refractivity contribution in [3.05, 3.63) is 75.6 Å². The standard InChI is InChI=1S/C25H27N3O4S/c1-4-12-33-25-27-24(30)22-18(14-21(29)26-23(22)28(25)2)17-10-11-19(20(13-17)31-3)32-15-16-8-6-5-7-9-16/h5-11,13,18H,4,12,14-15H2,1-3H3,(H,26,29). The fraction of sp³-hybridized carbons (Fsp3) is 0.320. The second-order valence-electron chi connectivity index (χ2n) is 7.86. The summed E-state index contributed by atoms with van der Waals surface area (Å²) < 4.78 is 13.3. The zero-order chi connectivity index (χ0) is 23.4. The first-order valence-electron chi connectivity index (χ1n) is 10.9. The van der Waals surface area contributed by atoms with Crippen LogP contribution in [0.2, 0.25) is 0 Å². The maximum absolute atomic E-state index is 13.0. The number of hydrogen-bond acceptors (Lipinski definition) is 6. The molecule has 33 heavy (non-hydrogen) atoms. The molecular weight excluding hydrogens is 438 g/mol. The van der Waals surface area contributed by atoms with E-state index in [9.17, 15) is 9.59 Å². The summed E-state index contributed by atoms with van der Waals surface area (Å²) in [5.74, 6) is 1.96. The first-order chi connectivity index (χ1) is 16.0. The van der Waals surface area contributed by atoms with Crippen molar-refractivity contribution in [2.45, 2.75) is 37.4 Å². The van der Waals surface area contributed by atoms with E-state index in [4.69, 9.17) is 9.47 Å². The minimum atomic E-state index is -0.415. The Morgan fingerprint density at radius 1 is 1.15 bits per heavy atom. The molecule has 8 heteroatoms. The number of ether oxygens (including phenoxy) is 2. The summed E-state index contributed by atoms with van der Waals surface area (Å²) >= 11 is 1.51. The number of benzene rings is 2. The number of carbonyl (C=O) groups is 1. The van der Waals surface area contributed by atoms with E-state index in [-0.39, 0.29) is 17.9 Å². The highest BCUT2D eigenvalue weighted by molar-refractivity contribution is 7.99. The van der Waals surface area contributed by atoms with E-state index in [1.165, 1.54) is 11.8 Å². The quantitative estimate of drug-likeness (QED) is 0.394. The topological polar surface area (TPSA) is 82.5 Å². The predicted octanol–water partition coefficient (Wildman–Crippen LogP) is 4.34. The van der Waals surface area contributed by atoms with Crippen LogP contribution >= 0.6 is 11.8 Å². The van der Waals surface area contributed by atoms with Crippen LogP contribution in [0.25, 0.3) is 0 Å². The van der Waals surface area contributed by atoms with Crippen LogP contribution in [0, 0.1) is 0 Å². The molecule has 1 aliphatic heterocycles. The monoisotopic (exact) mass is 465 g/mol. The number of nitrogens with zero attached hydrogens (tertiary/aromatic N) is 2. The third-order valence-electron chi connectivity index (χ3n) is 5.56. The zero-order valence-electron chi connectivity index (χ0n) is 19.0. The normalized spacial score (nSPS) is 15.0. The highest BCUT2D eigenvalue weighted by Crippen LogP contribution is 2.39. The summed E-state index contributed by atoms with van der Waals surface area (Å²) in [7, 11) is 3.40. The Labute approximate surface area is 197 Å². The van der Waals surface area contributed by atoms with Gasteiger partial charge in [-0.3, -0.25) is 9.59 Å². The average Bonchev–Trinajstić information content (AvgIpc) is 2.84. The summed E-state index contributed by atoms with van der Waals surface area (Å²) in [6, 6.07) is 15.4. The number of anilines is 1. The molecule has 0 fully saturated rings. The Bertz CT molecular complexity index is 1210. The molecule has 3 aromatic rings. The van der Waals surface area contributed by atoms with Crippen molar-refractivity contribution < 1.29 is 14.3 Å². The number of nitrogens with one attached hydrogen (secondary N) is 1. The summed E-state index contributed by atoms with van der Waals surface area (Å²) in [6.07, 6.45) is 1.13. The highest BCUT2D eigenvalue weighted by Gasteiger charge is 2.32. The Kier molecular flexibility index (Phi) is 7.03. The van der Waals surface area contributed by atoms with Gasteiger partial charge in [0.15, 0.2) is 16.7 Å². The lowest BCUT2D eigenvalue weighted by Gasteiger charge is -2.28. The molecule has 1 atom stereocenters. The molecule has 1 amide bonds. The zero-order valence-corrected chi connectivity index (χ0v) is 19.8. The molecule has 0 bridgehead atoms. The van der Waals surface area contributed by atoms with Crippen molar-refractivity contribution in [1.29, 1.82) is 0 Å². The molecular formula is C25H27N3O4S. The number of methoxy groups -OCH3 is 1. The molecule has 1 aliphatic rings. The van der Waals surface area contributed by atoms with E-state index in [1.54, 1.807) is 11.7 Å². The molecule has 7 nitrogen and oxygen atoms in total. The number of amides is 1. The second kappa shape index (κ2) is 10.1. The van der Waals surface area contributed by atoms with Crippen LogP contribution in [0.1, 0.15) is 42.4 Å². The smallest absolute Gasteiger partial charge is 0.279 e. The molecule has 4 rings (SSSR count). The number of carbonyl (C=O) groups excluding carboxylic acids is 1. The van der Waals surface area contributed by atoms with Gasteiger partial charge in [-0.1, -0.05) is 55.1 Å². The number of hydrogen-bond donors (Lipinski definition) is 1. The van der Waals surface area contributed by atoms with Gasteiger partial charge in [0.2, 0.25) is 5.91 Å². The third kappa shape index (κ3) is 4.90. The maximum Gasteiger partial charge on any atom is 0.279 e. The lowest BCUT2D eigenvalue weighted by atomic mass is 9.86. The van der Waals surface area contributed by atoms with Gasteiger partial charge in [-0.25, -0.2) is 0 Å². The van der Waals surface area contributed by atoms with Gasteiger partial charge in [-0.05, 0) is 29.7 Å². The summed E-state index contributed by atoms with van der Waals surface area (Å²) in [6.45, 7) is 2.48. The largest absolute Gasteiger partial charge is 0.493 e. The minimum absolute atomic E-state index is 0.136. The molecule has 1 N–H and O–H groups in total. The molecule has 2 aromatic carbocycles. The molecule has 0 radical (unpaired) electrons. The highest BCUT2D eigenvalue weighted by atomic mass is 32.2. The van der Waals surface area contributed by atoms with E-state index < -0.39 is 5.92 Å². The fourth-order valence-corrected chi connectivity index (χ4v) is 4.72. The molecule has 0 spiro atoms. The molecule has 0 saturated carbocycles. The van der Waals surface area contributed by atoms with Gasteiger partial charge in [-0.2, -0.15) is 4.98 Å². The minimum Gasteiger partial charge on any atom is -0.493 e. The Balaban J connectivity index is 1.67. The number of thioether (sulfide) groups is 1. The summed E-state index contributed by atoms with van der Waals surface area (Å²) in [5.41, 5.74) is 2.05. The van der Waals surface area contributed by atoms with Crippen LogP contribution in [0.5, 0.6) is 11.5 Å². The van der Waals surface area contributed by atoms with Gasteiger partial charge in [-0.15, -0.1) is 0 Å². The van der Waals surface area contributed by atoms with E-state index in [0.29, 0.717) is 34.6 Å². The van der Waals surface area contributed by atoms with E-state index in [2.05, 4.69) is 17.2 Å². The Morgan fingerprint density at radius 2 is 1.94 bits per heavy atom. The molecule has 2 heterocycles. The van der Waals surface area contributed by atoms with Gasteiger partial charge in [0, 0.05) is 25.1 Å². The van der Waals surface area contributed by atoms with Gasteiger partial charge in [0.25, 0.3) is 5.56 Å². The molecule has 0 aliphatic carbocycles. The van der Waals surface area contributed by atoms with Crippen molar-refractivity contribution in [3.63, 3.8) is 0 Å². The molecule has 1 aromatic heterocycles. The number of fused-ring (bicyclic) bond motifs is 1. The van der Waals surface area contributed by atoms with Gasteiger partial charge < -0.3 is 19.4 Å². The van der Waals surface area contributed by atoms with Gasteiger partial charge >= 0.3 is 0 Å². The number of rotatable bonds is 8.